The lowest BCUT2D eigenvalue weighted by Gasteiger charge is -2.21. The third kappa shape index (κ3) is 1.93. The molecule has 1 aliphatic heterocycles. The largest absolute Gasteiger partial charge is 0.390 e. The molecule has 1 fully saturated rings. The van der Waals surface area contributed by atoms with Gasteiger partial charge in [-0.25, -0.2) is 4.39 Å². The zero-order valence-electron chi connectivity index (χ0n) is 6.79. The number of rotatable bonds is 3. The van der Waals surface area contributed by atoms with Gasteiger partial charge in [-0.1, -0.05) is 0 Å². The molecule has 0 aliphatic carbocycles. The third-order valence-corrected chi connectivity index (χ3v) is 2.05. The minimum Gasteiger partial charge on any atom is -0.390 e. The van der Waals surface area contributed by atoms with Crippen molar-refractivity contribution in [1.82, 2.24) is 0 Å². The first-order chi connectivity index (χ1) is 5.72. The lowest BCUT2D eigenvalue weighted by atomic mass is 9.95. The van der Waals surface area contributed by atoms with Crippen LogP contribution in [0.3, 0.4) is 0 Å². The Morgan fingerprint density at radius 1 is 1.75 bits per heavy atom. The van der Waals surface area contributed by atoms with E-state index < -0.39 is 18.4 Å². The number of hydrogen-bond donors (Lipinski definition) is 1. The van der Waals surface area contributed by atoms with Crippen LogP contribution in [0, 0.1) is 11.3 Å². The van der Waals surface area contributed by atoms with Gasteiger partial charge in [0.2, 0.25) is 0 Å². The predicted octanol–water partition coefficient (Wildman–Crippen LogP) is 0.780. The van der Waals surface area contributed by atoms with Crippen molar-refractivity contribution in [3.63, 3.8) is 0 Å². The Labute approximate surface area is 70.8 Å². The molecular weight excluding hydrogens is 161 g/mol. The van der Waals surface area contributed by atoms with Crippen molar-refractivity contribution in [2.24, 2.45) is 0 Å². The van der Waals surface area contributed by atoms with E-state index in [1.54, 1.807) is 0 Å². The zero-order valence-corrected chi connectivity index (χ0v) is 6.79. The van der Waals surface area contributed by atoms with Gasteiger partial charge in [-0.3, -0.25) is 0 Å². The van der Waals surface area contributed by atoms with E-state index in [9.17, 15) is 4.39 Å². The van der Waals surface area contributed by atoms with Gasteiger partial charge in [0.05, 0.1) is 12.2 Å². The highest BCUT2D eigenvalue weighted by Gasteiger charge is 2.37. The number of aliphatic hydroxyl groups is 1. The van der Waals surface area contributed by atoms with Crippen molar-refractivity contribution in [3.8, 4) is 6.07 Å². The van der Waals surface area contributed by atoms with Crippen LogP contribution in [0.1, 0.15) is 19.3 Å². The maximum Gasteiger partial charge on any atom is 0.156 e. The normalized spacial score (nSPS) is 31.4. The van der Waals surface area contributed by atoms with Gasteiger partial charge in [0.15, 0.2) is 5.60 Å². The van der Waals surface area contributed by atoms with E-state index in [4.69, 9.17) is 15.1 Å². The average Bonchev–Trinajstić information content (AvgIpc) is 2.54. The number of aliphatic hydroxyl groups excluding tert-OH is 1. The standard InChI is InChI=1S/C8H12FNO2/c9-5-7(11)4-8(6-10)2-1-3-12-8/h7,11H,1-5H2. The summed E-state index contributed by atoms with van der Waals surface area (Å²) in [5.74, 6) is 0. The van der Waals surface area contributed by atoms with Crippen molar-refractivity contribution < 1.29 is 14.2 Å². The van der Waals surface area contributed by atoms with Crippen LogP contribution in [0.4, 0.5) is 4.39 Å². The van der Waals surface area contributed by atoms with E-state index >= 15 is 0 Å². The molecule has 0 saturated carbocycles. The van der Waals surface area contributed by atoms with E-state index in [2.05, 4.69) is 0 Å². The van der Waals surface area contributed by atoms with Gasteiger partial charge in [0.25, 0.3) is 0 Å². The second kappa shape index (κ2) is 3.83. The van der Waals surface area contributed by atoms with Gasteiger partial charge in [-0.05, 0) is 12.8 Å². The van der Waals surface area contributed by atoms with Crippen LogP contribution in [-0.2, 0) is 4.74 Å². The summed E-state index contributed by atoms with van der Waals surface area (Å²) in [7, 11) is 0. The molecule has 3 nitrogen and oxygen atoms in total. The van der Waals surface area contributed by atoms with Gasteiger partial charge in [-0.15, -0.1) is 0 Å². The molecular formula is C8H12FNO2. The fourth-order valence-electron chi connectivity index (χ4n) is 1.43. The summed E-state index contributed by atoms with van der Waals surface area (Å²) in [6.45, 7) is -0.278. The van der Waals surface area contributed by atoms with Crippen molar-refractivity contribution >= 4 is 0 Å². The number of halogens is 1. The third-order valence-electron chi connectivity index (χ3n) is 2.05. The van der Waals surface area contributed by atoms with Gasteiger partial charge in [0, 0.05) is 13.0 Å². The average molecular weight is 173 g/mol. The molecule has 68 valence electrons. The number of nitrogens with zero attached hydrogens (tertiary/aromatic N) is 1. The molecule has 4 heteroatoms. The van der Waals surface area contributed by atoms with Crippen LogP contribution in [0.5, 0.6) is 0 Å². The predicted molar refractivity (Wildman–Crippen MR) is 40.1 cm³/mol. The summed E-state index contributed by atoms with van der Waals surface area (Å²) in [6, 6.07) is 1.99. The highest BCUT2D eigenvalue weighted by molar-refractivity contribution is 5.05. The Balaban J connectivity index is 2.51. The first-order valence-corrected chi connectivity index (χ1v) is 4.02. The van der Waals surface area contributed by atoms with E-state index in [-0.39, 0.29) is 6.42 Å². The second-order valence-corrected chi connectivity index (χ2v) is 3.07. The second-order valence-electron chi connectivity index (χ2n) is 3.07. The molecule has 1 aliphatic rings. The van der Waals surface area contributed by atoms with Crippen LogP contribution < -0.4 is 0 Å². The monoisotopic (exact) mass is 173 g/mol. The van der Waals surface area contributed by atoms with Crippen molar-refractivity contribution in [1.29, 1.82) is 5.26 Å². The van der Waals surface area contributed by atoms with Gasteiger partial charge in [0.1, 0.15) is 6.67 Å². The van der Waals surface area contributed by atoms with E-state index in [0.717, 1.165) is 6.42 Å². The number of alkyl halides is 1. The van der Waals surface area contributed by atoms with Crippen LogP contribution >= 0.6 is 0 Å². The molecule has 0 aromatic carbocycles. The van der Waals surface area contributed by atoms with Crippen LogP contribution in [0.2, 0.25) is 0 Å². The first kappa shape index (κ1) is 9.43. The van der Waals surface area contributed by atoms with Gasteiger partial charge in [-0.2, -0.15) is 5.26 Å². The molecule has 0 aromatic rings. The minimum absolute atomic E-state index is 0.0833. The highest BCUT2D eigenvalue weighted by Crippen LogP contribution is 2.29. The molecule has 2 atom stereocenters. The minimum atomic E-state index is -1.07. The maximum atomic E-state index is 11.9. The molecule has 12 heavy (non-hydrogen) atoms. The topological polar surface area (TPSA) is 53.2 Å². The number of ether oxygens (including phenoxy) is 1. The van der Waals surface area contributed by atoms with Crippen LogP contribution in [0.15, 0.2) is 0 Å². The van der Waals surface area contributed by atoms with E-state index in [1.165, 1.54) is 0 Å². The lowest BCUT2D eigenvalue weighted by Crippen LogP contribution is -2.31. The molecule has 0 bridgehead atoms. The number of nitriles is 1. The molecule has 0 spiro atoms. The Bertz CT molecular complexity index is 184. The molecule has 1 N–H and O–H groups in total. The van der Waals surface area contributed by atoms with Crippen LogP contribution in [0.25, 0.3) is 0 Å². The summed E-state index contributed by atoms with van der Waals surface area (Å²) < 4.78 is 17.1. The van der Waals surface area contributed by atoms with Crippen molar-refractivity contribution in [2.75, 3.05) is 13.3 Å². The Morgan fingerprint density at radius 2 is 2.50 bits per heavy atom. The Kier molecular flexibility index (Phi) is 3.01. The number of hydrogen-bond acceptors (Lipinski definition) is 3. The first-order valence-electron chi connectivity index (χ1n) is 4.02. The van der Waals surface area contributed by atoms with E-state index in [1.807, 2.05) is 6.07 Å². The SMILES string of the molecule is N#CC1(CC(O)CF)CCCO1. The summed E-state index contributed by atoms with van der Waals surface area (Å²) in [5.41, 5.74) is -0.925. The van der Waals surface area contributed by atoms with E-state index in [0.29, 0.717) is 13.0 Å². The molecule has 1 heterocycles. The highest BCUT2D eigenvalue weighted by atomic mass is 19.1. The molecule has 1 saturated heterocycles. The maximum absolute atomic E-state index is 11.9. The molecule has 2 unspecified atom stereocenters. The van der Waals surface area contributed by atoms with Crippen LogP contribution in [-0.4, -0.2) is 30.1 Å². The molecule has 0 amide bonds. The van der Waals surface area contributed by atoms with Gasteiger partial charge >= 0.3 is 0 Å². The Morgan fingerprint density at radius 3 is 2.92 bits per heavy atom. The summed E-state index contributed by atoms with van der Waals surface area (Å²) in [6.07, 6.45) is 0.426. The molecule has 0 radical (unpaired) electrons. The smallest absolute Gasteiger partial charge is 0.156 e. The molecule has 0 aromatic heterocycles. The molecule has 1 rings (SSSR count). The fourth-order valence-corrected chi connectivity index (χ4v) is 1.43. The quantitative estimate of drug-likeness (QED) is 0.686. The summed E-state index contributed by atoms with van der Waals surface area (Å²) in [5, 5.41) is 17.8. The van der Waals surface area contributed by atoms with Gasteiger partial charge < -0.3 is 9.84 Å². The summed E-state index contributed by atoms with van der Waals surface area (Å²) in [4.78, 5) is 0. The summed E-state index contributed by atoms with van der Waals surface area (Å²) >= 11 is 0. The van der Waals surface area contributed by atoms with Crippen molar-refractivity contribution in [2.45, 2.75) is 31.0 Å². The fraction of sp³-hybridized carbons (Fsp3) is 0.875. The van der Waals surface area contributed by atoms with Crippen molar-refractivity contribution in [3.05, 3.63) is 0 Å². The zero-order chi connectivity index (χ0) is 9.03. The lowest BCUT2D eigenvalue weighted by molar-refractivity contribution is -0.000242. The Hall–Kier alpha value is -0.660.